The number of carbonyl (C=O) groups excluding carboxylic acids is 1. The van der Waals surface area contributed by atoms with Gasteiger partial charge in [0, 0.05) is 0 Å². The molecule has 19 heavy (non-hydrogen) atoms. The third-order valence-corrected chi connectivity index (χ3v) is 2.89. The zero-order chi connectivity index (χ0) is 14.6. The number of anilines is 1. The third-order valence-electron chi connectivity index (χ3n) is 2.29. The number of amides is 1. The number of rotatable bonds is 5. The van der Waals surface area contributed by atoms with Crippen LogP contribution < -0.4 is 11.1 Å². The number of carbonyl (C=O) groups is 2. The van der Waals surface area contributed by atoms with Crippen LogP contribution in [0.3, 0.4) is 0 Å². The van der Waals surface area contributed by atoms with E-state index in [1.807, 2.05) is 0 Å². The Labute approximate surface area is 120 Å². The van der Waals surface area contributed by atoms with E-state index >= 15 is 0 Å². The Hall–Kier alpha value is -1.56. The summed E-state index contributed by atoms with van der Waals surface area (Å²) in [7, 11) is 0. The molecular weight excluding hydrogens is 291 g/mol. The highest BCUT2D eigenvalue weighted by molar-refractivity contribution is 6.40. The van der Waals surface area contributed by atoms with Crippen LogP contribution in [-0.4, -0.2) is 23.0 Å². The van der Waals surface area contributed by atoms with E-state index < -0.39 is 17.9 Å². The van der Waals surface area contributed by atoms with Crippen LogP contribution in [0.2, 0.25) is 10.0 Å². The Morgan fingerprint density at radius 3 is 2.37 bits per heavy atom. The Balaban J connectivity index is 2.99. The molecule has 102 valence electrons. The van der Waals surface area contributed by atoms with Crippen molar-refractivity contribution in [1.29, 1.82) is 0 Å². The smallest absolute Gasteiger partial charge is 0.335 e. The number of benzene rings is 1. The minimum atomic E-state index is -1.16. The molecule has 0 radical (unpaired) electrons. The van der Waals surface area contributed by atoms with Crippen molar-refractivity contribution in [3.8, 4) is 0 Å². The first-order valence-electron chi connectivity index (χ1n) is 5.26. The molecule has 0 aliphatic rings. The maximum absolute atomic E-state index is 11.7. The molecule has 0 aliphatic carbocycles. The van der Waals surface area contributed by atoms with Crippen molar-refractivity contribution in [2.75, 3.05) is 5.32 Å². The maximum Gasteiger partial charge on any atom is 0.335 e. The molecule has 0 bridgehead atoms. The van der Waals surface area contributed by atoms with Gasteiger partial charge in [-0.15, -0.1) is 6.58 Å². The fourth-order valence-corrected chi connectivity index (χ4v) is 1.90. The highest BCUT2D eigenvalue weighted by Crippen LogP contribution is 2.32. The number of carboxylic acid groups (broad SMARTS) is 1. The highest BCUT2D eigenvalue weighted by Gasteiger charge is 2.17. The number of hydrogen-bond donors (Lipinski definition) is 3. The SMILES string of the molecule is C=CCC(N)C(=O)Nc1c(Cl)cc(C(=O)O)cc1Cl. The average Bonchev–Trinajstić information content (AvgIpc) is 2.33. The third kappa shape index (κ3) is 3.96. The van der Waals surface area contributed by atoms with Gasteiger partial charge in [-0.1, -0.05) is 29.3 Å². The Bertz CT molecular complexity index is 509. The second kappa shape index (κ2) is 6.56. The summed E-state index contributed by atoms with van der Waals surface area (Å²) in [5.41, 5.74) is 5.66. The van der Waals surface area contributed by atoms with Crippen molar-refractivity contribution in [1.82, 2.24) is 0 Å². The molecule has 0 heterocycles. The predicted molar refractivity (Wildman–Crippen MR) is 74.8 cm³/mol. The topological polar surface area (TPSA) is 92.4 Å². The van der Waals surface area contributed by atoms with Crippen LogP contribution in [0.4, 0.5) is 5.69 Å². The molecule has 1 aromatic carbocycles. The van der Waals surface area contributed by atoms with Crippen LogP contribution in [0.25, 0.3) is 0 Å². The molecular formula is C12H12Cl2N2O3. The molecule has 1 amide bonds. The normalized spacial score (nSPS) is 11.7. The van der Waals surface area contributed by atoms with Crippen LogP contribution in [0.15, 0.2) is 24.8 Å². The van der Waals surface area contributed by atoms with Gasteiger partial charge in [0.15, 0.2) is 0 Å². The van der Waals surface area contributed by atoms with Gasteiger partial charge in [0.25, 0.3) is 0 Å². The molecule has 0 aliphatic heterocycles. The molecule has 0 saturated carbocycles. The molecule has 1 aromatic rings. The van der Waals surface area contributed by atoms with E-state index in [4.69, 9.17) is 34.0 Å². The van der Waals surface area contributed by atoms with Gasteiger partial charge < -0.3 is 16.2 Å². The van der Waals surface area contributed by atoms with Crippen LogP contribution in [0.5, 0.6) is 0 Å². The lowest BCUT2D eigenvalue weighted by molar-refractivity contribution is -0.117. The maximum atomic E-state index is 11.7. The molecule has 0 aromatic heterocycles. The Morgan fingerprint density at radius 1 is 1.42 bits per heavy atom. The van der Waals surface area contributed by atoms with E-state index in [1.54, 1.807) is 0 Å². The summed E-state index contributed by atoms with van der Waals surface area (Å²) in [5.74, 6) is -1.64. The van der Waals surface area contributed by atoms with Crippen LogP contribution in [-0.2, 0) is 4.79 Å². The molecule has 0 fully saturated rings. The number of nitrogens with one attached hydrogen (secondary N) is 1. The number of carboxylic acids is 1. The minimum Gasteiger partial charge on any atom is -0.478 e. The highest BCUT2D eigenvalue weighted by atomic mass is 35.5. The Morgan fingerprint density at radius 2 is 1.95 bits per heavy atom. The summed E-state index contributed by atoms with van der Waals surface area (Å²) >= 11 is 11.8. The van der Waals surface area contributed by atoms with Crippen LogP contribution in [0.1, 0.15) is 16.8 Å². The van der Waals surface area contributed by atoms with Crippen molar-refractivity contribution >= 4 is 40.8 Å². The molecule has 1 rings (SSSR count). The van der Waals surface area contributed by atoms with E-state index in [0.717, 1.165) is 0 Å². The van der Waals surface area contributed by atoms with Gasteiger partial charge in [0.2, 0.25) is 5.91 Å². The van der Waals surface area contributed by atoms with Gasteiger partial charge in [-0.05, 0) is 18.6 Å². The predicted octanol–water partition coefficient (Wildman–Crippen LogP) is 2.53. The van der Waals surface area contributed by atoms with Gasteiger partial charge in [-0.2, -0.15) is 0 Å². The molecule has 1 atom stereocenters. The van der Waals surface area contributed by atoms with Crippen LogP contribution in [0, 0.1) is 0 Å². The van der Waals surface area contributed by atoms with E-state index in [-0.39, 0.29) is 21.3 Å². The average molecular weight is 303 g/mol. The molecule has 0 spiro atoms. The van der Waals surface area contributed by atoms with Crippen LogP contribution >= 0.6 is 23.2 Å². The zero-order valence-corrected chi connectivity index (χ0v) is 11.3. The number of aromatic carboxylic acids is 1. The zero-order valence-electron chi connectivity index (χ0n) is 9.82. The van der Waals surface area contributed by atoms with Crippen molar-refractivity contribution in [2.45, 2.75) is 12.5 Å². The van der Waals surface area contributed by atoms with Crippen molar-refractivity contribution < 1.29 is 14.7 Å². The first-order valence-corrected chi connectivity index (χ1v) is 6.02. The fourth-order valence-electron chi connectivity index (χ4n) is 1.32. The van der Waals surface area contributed by atoms with E-state index in [9.17, 15) is 9.59 Å². The number of nitrogens with two attached hydrogens (primary N) is 1. The molecule has 0 saturated heterocycles. The van der Waals surface area contributed by atoms with Gasteiger partial charge in [0.05, 0.1) is 27.3 Å². The summed E-state index contributed by atoms with van der Waals surface area (Å²) in [6.07, 6.45) is 1.81. The lowest BCUT2D eigenvalue weighted by Gasteiger charge is -2.13. The summed E-state index contributed by atoms with van der Waals surface area (Å²) < 4.78 is 0. The Kier molecular flexibility index (Phi) is 5.35. The molecule has 1 unspecified atom stereocenters. The van der Waals surface area contributed by atoms with Crippen molar-refractivity contribution in [2.24, 2.45) is 5.73 Å². The summed E-state index contributed by atoms with van der Waals surface area (Å²) in [4.78, 5) is 22.5. The lowest BCUT2D eigenvalue weighted by Crippen LogP contribution is -2.35. The fraction of sp³-hybridized carbons (Fsp3) is 0.167. The summed E-state index contributed by atoms with van der Waals surface area (Å²) in [6, 6.07) is 1.62. The first-order chi connectivity index (χ1) is 8.86. The number of halogens is 2. The van der Waals surface area contributed by atoms with Crippen molar-refractivity contribution in [3.05, 3.63) is 40.4 Å². The molecule has 7 heteroatoms. The molecule has 4 N–H and O–H groups in total. The lowest BCUT2D eigenvalue weighted by atomic mass is 10.1. The number of hydrogen-bond acceptors (Lipinski definition) is 3. The monoisotopic (exact) mass is 302 g/mol. The van der Waals surface area contributed by atoms with Gasteiger partial charge >= 0.3 is 5.97 Å². The van der Waals surface area contributed by atoms with Crippen molar-refractivity contribution in [3.63, 3.8) is 0 Å². The second-order valence-corrected chi connectivity index (χ2v) is 4.55. The largest absolute Gasteiger partial charge is 0.478 e. The second-order valence-electron chi connectivity index (χ2n) is 3.74. The van der Waals surface area contributed by atoms with E-state index in [1.165, 1.54) is 18.2 Å². The summed E-state index contributed by atoms with van der Waals surface area (Å²) in [6.45, 7) is 3.48. The van der Waals surface area contributed by atoms with Gasteiger partial charge in [0.1, 0.15) is 0 Å². The quantitative estimate of drug-likeness (QED) is 0.729. The van der Waals surface area contributed by atoms with Gasteiger partial charge in [-0.25, -0.2) is 4.79 Å². The standard InChI is InChI=1S/C12H12Cl2N2O3/c1-2-3-9(15)11(17)16-10-7(13)4-6(12(18)19)5-8(10)14/h2,4-5,9H,1,3,15H2,(H,16,17)(H,18,19). The van der Waals surface area contributed by atoms with Gasteiger partial charge in [-0.3, -0.25) is 4.79 Å². The molecule has 5 nitrogen and oxygen atoms in total. The van der Waals surface area contributed by atoms with E-state index in [0.29, 0.717) is 6.42 Å². The van der Waals surface area contributed by atoms with E-state index in [2.05, 4.69) is 11.9 Å². The minimum absolute atomic E-state index is 0.0315. The first kappa shape index (κ1) is 15.5. The summed E-state index contributed by atoms with van der Waals surface area (Å²) in [5, 5.41) is 11.4.